The van der Waals surface area contributed by atoms with Gasteiger partial charge in [-0.25, -0.2) is 8.42 Å². The topological polar surface area (TPSA) is 70.6 Å². The van der Waals surface area contributed by atoms with Crippen molar-refractivity contribution in [2.45, 2.75) is 32.2 Å². The summed E-state index contributed by atoms with van der Waals surface area (Å²) in [5.74, 6) is 1.29. The van der Waals surface area contributed by atoms with Crippen molar-refractivity contribution >= 4 is 39.8 Å². The number of hydrogen-bond acceptors (Lipinski definition) is 3. The lowest BCUT2D eigenvalue weighted by molar-refractivity contribution is 0.601. The van der Waals surface area contributed by atoms with E-state index in [2.05, 4.69) is 29.5 Å². The van der Waals surface area contributed by atoms with Gasteiger partial charge in [-0.2, -0.15) is 0 Å². The SMILES string of the molecule is CN=C(NCc1ccc(S(C)(=O)=O)c(C)c1)NCC(C)C.I. The quantitative estimate of drug-likeness (QED) is 0.420. The van der Waals surface area contributed by atoms with Gasteiger partial charge in [0.15, 0.2) is 15.8 Å². The number of rotatable bonds is 5. The highest BCUT2D eigenvalue weighted by molar-refractivity contribution is 14.0. The van der Waals surface area contributed by atoms with E-state index < -0.39 is 9.84 Å². The van der Waals surface area contributed by atoms with Gasteiger partial charge in [0.05, 0.1) is 4.90 Å². The molecule has 1 aromatic carbocycles. The van der Waals surface area contributed by atoms with Crippen LogP contribution in [0, 0.1) is 12.8 Å². The minimum atomic E-state index is -3.16. The Balaban J connectivity index is 0.00000441. The fraction of sp³-hybridized carbons (Fsp3) is 0.533. The molecule has 0 atom stereocenters. The lowest BCUT2D eigenvalue weighted by Gasteiger charge is -2.14. The molecule has 0 aromatic heterocycles. The number of aryl methyl sites for hydroxylation is 1. The van der Waals surface area contributed by atoms with E-state index in [1.54, 1.807) is 13.1 Å². The zero-order chi connectivity index (χ0) is 16.0. The van der Waals surface area contributed by atoms with Crippen molar-refractivity contribution in [3.8, 4) is 0 Å². The largest absolute Gasteiger partial charge is 0.356 e. The molecule has 0 saturated heterocycles. The first-order valence-corrected chi connectivity index (χ1v) is 8.87. The van der Waals surface area contributed by atoms with E-state index in [0.717, 1.165) is 23.6 Å². The van der Waals surface area contributed by atoms with E-state index in [-0.39, 0.29) is 24.0 Å². The van der Waals surface area contributed by atoms with Crippen LogP contribution in [0.15, 0.2) is 28.1 Å². The molecule has 7 heteroatoms. The van der Waals surface area contributed by atoms with Crippen LogP contribution in [0.3, 0.4) is 0 Å². The molecule has 0 fully saturated rings. The molecule has 0 aliphatic heterocycles. The second kappa shape index (κ2) is 9.34. The minimum Gasteiger partial charge on any atom is -0.356 e. The molecule has 0 spiro atoms. The molecule has 0 amide bonds. The van der Waals surface area contributed by atoms with Crippen LogP contribution in [0.25, 0.3) is 0 Å². The van der Waals surface area contributed by atoms with Crippen LogP contribution in [0.1, 0.15) is 25.0 Å². The molecule has 2 N–H and O–H groups in total. The molecule has 0 radical (unpaired) electrons. The normalized spacial score (nSPS) is 12.0. The van der Waals surface area contributed by atoms with Crippen LogP contribution >= 0.6 is 24.0 Å². The second-order valence-electron chi connectivity index (χ2n) is 5.57. The molecule has 22 heavy (non-hydrogen) atoms. The monoisotopic (exact) mass is 439 g/mol. The predicted molar refractivity (Wildman–Crippen MR) is 103 cm³/mol. The Bertz CT molecular complexity index is 613. The fourth-order valence-electron chi connectivity index (χ4n) is 1.94. The third kappa shape index (κ3) is 6.95. The van der Waals surface area contributed by atoms with Gasteiger partial charge >= 0.3 is 0 Å². The van der Waals surface area contributed by atoms with Gasteiger partial charge in [-0.15, -0.1) is 24.0 Å². The van der Waals surface area contributed by atoms with E-state index >= 15 is 0 Å². The van der Waals surface area contributed by atoms with Crippen LogP contribution in [0.2, 0.25) is 0 Å². The van der Waals surface area contributed by atoms with Crippen LogP contribution < -0.4 is 10.6 Å². The van der Waals surface area contributed by atoms with Crippen LogP contribution in [0.4, 0.5) is 0 Å². The Morgan fingerprint density at radius 2 is 1.91 bits per heavy atom. The summed E-state index contributed by atoms with van der Waals surface area (Å²) in [4.78, 5) is 4.54. The predicted octanol–water partition coefficient (Wildman–Crippen LogP) is 2.34. The van der Waals surface area contributed by atoms with Gasteiger partial charge in [-0.3, -0.25) is 4.99 Å². The molecule has 126 valence electrons. The molecule has 1 rings (SSSR count). The first-order valence-electron chi connectivity index (χ1n) is 6.98. The van der Waals surface area contributed by atoms with Crippen molar-refractivity contribution in [2.75, 3.05) is 19.8 Å². The standard InChI is InChI=1S/C15H25N3O2S.HI/c1-11(2)9-17-15(16-4)18-10-13-6-7-14(12(3)8-13)21(5,19)20;/h6-8,11H,9-10H2,1-5H3,(H2,16,17,18);1H. The summed E-state index contributed by atoms with van der Waals surface area (Å²) in [6.07, 6.45) is 1.23. The Kier molecular flexibility index (Phi) is 8.99. The summed E-state index contributed by atoms with van der Waals surface area (Å²) in [6.45, 7) is 7.53. The second-order valence-corrected chi connectivity index (χ2v) is 7.56. The van der Waals surface area contributed by atoms with Gasteiger partial charge in [0.2, 0.25) is 0 Å². The molecule has 0 saturated carbocycles. The highest BCUT2D eigenvalue weighted by Crippen LogP contribution is 2.16. The molecular formula is C15H26IN3O2S. The summed E-state index contributed by atoms with van der Waals surface area (Å²) in [7, 11) is -1.43. The number of benzene rings is 1. The number of guanidine groups is 1. The number of hydrogen-bond donors (Lipinski definition) is 2. The number of aliphatic imine (C=N–C) groups is 1. The van der Waals surface area contributed by atoms with Crippen LogP contribution in [0.5, 0.6) is 0 Å². The Morgan fingerprint density at radius 1 is 1.27 bits per heavy atom. The fourth-order valence-corrected chi connectivity index (χ4v) is 2.90. The van der Waals surface area contributed by atoms with Crippen molar-refractivity contribution < 1.29 is 8.42 Å². The zero-order valence-corrected chi connectivity index (χ0v) is 17.0. The van der Waals surface area contributed by atoms with Crippen molar-refractivity contribution in [1.29, 1.82) is 0 Å². The number of nitrogens with zero attached hydrogens (tertiary/aromatic N) is 1. The van der Waals surface area contributed by atoms with Crippen molar-refractivity contribution in [3.05, 3.63) is 29.3 Å². The maximum atomic E-state index is 11.6. The average Bonchev–Trinajstić information content (AvgIpc) is 2.37. The minimum absolute atomic E-state index is 0. The van der Waals surface area contributed by atoms with Crippen molar-refractivity contribution in [2.24, 2.45) is 10.9 Å². The highest BCUT2D eigenvalue weighted by Gasteiger charge is 2.10. The van der Waals surface area contributed by atoms with Gasteiger partial charge in [0.25, 0.3) is 0 Å². The van der Waals surface area contributed by atoms with Crippen LogP contribution in [-0.4, -0.2) is 34.2 Å². The summed E-state index contributed by atoms with van der Waals surface area (Å²) in [5, 5.41) is 6.45. The van der Waals surface area contributed by atoms with Gasteiger partial charge in [-0.05, 0) is 30.0 Å². The molecular weight excluding hydrogens is 413 g/mol. The molecule has 0 aliphatic rings. The number of nitrogens with one attached hydrogen (secondary N) is 2. The lowest BCUT2D eigenvalue weighted by Crippen LogP contribution is -2.38. The maximum Gasteiger partial charge on any atom is 0.191 e. The van der Waals surface area contributed by atoms with Crippen molar-refractivity contribution in [1.82, 2.24) is 10.6 Å². The van der Waals surface area contributed by atoms with Crippen molar-refractivity contribution in [3.63, 3.8) is 0 Å². The first-order chi connectivity index (χ1) is 9.74. The smallest absolute Gasteiger partial charge is 0.191 e. The van der Waals surface area contributed by atoms with E-state index in [9.17, 15) is 8.42 Å². The molecule has 0 bridgehead atoms. The lowest BCUT2D eigenvalue weighted by atomic mass is 10.1. The summed E-state index contributed by atoms with van der Waals surface area (Å²) >= 11 is 0. The van der Waals surface area contributed by atoms with E-state index in [0.29, 0.717) is 17.4 Å². The third-order valence-electron chi connectivity index (χ3n) is 3.00. The maximum absolute atomic E-state index is 11.6. The van der Waals surface area contributed by atoms with Gasteiger partial charge in [-0.1, -0.05) is 26.0 Å². The third-order valence-corrected chi connectivity index (χ3v) is 4.26. The first kappa shape index (κ1) is 21.2. The Morgan fingerprint density at radius 3 is 2.36 bits per heavy atom. The van der Waals surface area contributed by atoms with Gasteiger partial charge in [0, 0.05) is 26.4 Å². The van der Waals surface area contributed by atoms with E-state index in [1.807, 2.05) is 19.1 Å². The van der Waals surface area contributed by atoms with Gasteiger partial charge in [0.1, 0.15) is 0 Å². The summed E-state index contributed by atoms with van der Waals surface area (Å²) in [5.41, 5.74) is 1.79. The Hall–Kier alpha value is -0.830. The zero-order valence-electron chi connectivity index (χ0n) is 13.8. The summed E-state index contributed by atoms with van der Waals surface area (Å²) in [6, 6.07) is 5.37. The molecule has 1 aromatic rings. The van der Waals surface area contributed by atoms with E-state index in [1.165, 1.54) is 6.26 Å². The Labute approximate surface area is 150 Å². The molecule has 5 nitrogen and oxygen atoms in total. The number of sulfone groups is 1. The molecule has 0 heterocycles. The van der Waals surface area contributed by atoms with Gasteiger partial charge < -0.3 is 10.6 Å². The molecule has 0 aliphatic carbocycles. The summed E-state index contributed by atoms with van der Waals surface area (Å²) < 4.78 is 23.2. The molecule has 0 unspecified atom stereocenters. The number of halogens is 1. The highest BCUT2D eigenvalue weighted by atomic mass is 127. The van der Waals surface area contributed by atoms with E-state index in [4.69, 9.17) is 0 Å². The van der Waals surface area contributed by atoms with Crippen LogP contribution in [-0.2, 0) is 16.4 Å². The average molecular weight is 439 g/mol.